The fourth-order valence-electron chi connectivity index (χ4n) is 3.07. The molecule has 0 aliphatic carbocycles. The molecular formula is C24H21FO4S. The lowest BCUT2D eigenvalue weighted by atomic mass is 10.1. The SMILES string of the molecule is COC(=O)c1ccc(C(CC=Cc2ccccc2)S(=O)(=O)c2ccc(F)cc2)cc1. The first-order valence-corrected chi connectivity index (χ1v) is 10.9. The minimum atomic E-state index is -3.80. The fraction of sp³-hybridized carbons (Fsp3) is 0.125. The largest absolute Gasteiger partial charge is 0.465 e. The van der Waals surface area contributed by atoms with Crippen molar-refractivity contribution in [2.45, 2.75) is 16.6 Å². The van der Waals surface area contributed by atoms with Crippen LogP contribution in [0.3, 0.4) is 0 Å². The third-order valence-corrected chi connectivity index (χ3v) is 6.82. The second kappa shape index (κ2) is 9.50. The predicted octanol–water partition coefficient (Wildman–Crippen LogP) is 5.23. The normalized spacial score (nSPS) is 12.6. The summed E-state index contributed by atoms with van der Waals surface area (Å²) in [6.07, 6.45) is 3.87. The van der Waals surface area contributed by atoms with E-state index in [9.17, 15) is 17.6 Å². The average molecular weight is 424 g/mol. The number of rotatable bonds is 7. The van der Waals surface area contributed by atoms with Crippen LogP contribution < -0.4 is 0 Å². The molecule has 3 aromatic rings. The number of allylic oxidation sites excluding steroid dienone is 1. The van der Waals surface area contributed by atoms with Crippen LogP contribution in [0.1, 0.15) is 33.2 Å². The quantitative estimate of drug-likeness (QED) is 0.385. The standard InChI is InChI=1S/C24H21FO4S/c1-29-24(26)20-12-10-19(11-13-20)23(9-5-8-18-6-3-2-4-7-18)30(27,28)22-16-14-21(25)15-17-22/h2-8,10-17,23H,9H2,1H3. The summed E-state index contributed by atoms with van der Waals surface area (Å²) in [4.78, 5) is 11.7. The van der Waals surface area contributed by atoms with Crippen molar-refractivity contribution in [1.82, 2.24) is 0 Å². The zero-order valence-electron chi connectivity index (χ0n) is 16.4. The van der Waals surface area contributed by atoms with Crippen LogP contribution in [0.15, 0.2) is 89.8 Å². The van der Waals surface area contributed by atoms with E-state index < -0.39 is 26.9 Å². The Labute approximate surface area is 175 Å². The molecule has 1 unspecified atom stereocenters. The molecule has 0 spiro atoms. The van der Waals surface area contributed by atoms with Gasteiger partial charge >= 0.3 is 5.97 Å². The van der Waals surface area contributed by atoms with Gasteiger partial charge in [0.1, 0.15) is 5.82 Å². The summed E-state index contributed by atoms with van der Waals surface area (Å²) >= 11 is 0. The molecule has 0 fully saturated rings. The molecule has 0 saturated carbocycles. The molecule has 0 aliphatic rings. The summed E-state index contributed by atoms with van der Waals surface area (Å²) in [6.45, 7) is 0. The van der Waals surface area contributed by atoms with E-state index in [0.29, 0.717) is 11.1 Å². The predicted molar refractivity (Wildman–Crippen MR) is 114 cm³/mol. The summed E-state index contributed by atoms with van der Waals surface area (Å²) in [5.41, 5.74) is 1.82. The van der Waals surface area contributed by atoms with Gasteiger partial charge in [-0.15, -0.1) is 0 Å². The molecule has 1 atom stereocenters. The highest BCUT2D eigenvalue weighted by Gasteiger charge is 2.28. The summed E-state index contributed by atoms with van der Waals surface area (Å²) < 4.78 is 44.6. The van der Waals surface area contributed by atoms with Crippen LogP contribution in [0.4, 0.5) is 4.39 Å². The Morgan fingerprint density at radius 2 is 1.60 bits per heavy atom. The number of halogens is 1. The third-order valence-electron chi connectivity index (χ3n) is 4.68. The molecule has 0 saturated heterocycles. The molecule has 4 nitrogen and oxygen atoms in total. The Balaban J connectivity index is 1.96. The highest BCUT2D eigenvalue weighted by Crippen LogP contribution is 2.33. The van der Waals surface area contributed by atoms with Crippen molar-refractivity contribution in [1.29, 1.82) is 0 Å². The lowest BCUT2D eigenvalue weighted by Gasteiger charge is -2.17. The van der Waals surface area contributed by atoms with E-state index in [-0.39, 0.29) is 11.3 Å². The van der Waals surface area contributed by atoms with Crippen molar-refractivity contribution in [2.75, 3.05) is 7.11 Å². The van der Waals surface area contributed by atoms with Gasteiger partial charge < -0.3 is 4.74 Å². The molecule has 0 heterocycles. The highest BCUT2D eigenvalue weighted by molar-refractivity contribution is 7.91. The number of methoxy groups -OCH3 is 1. The minimum Gasteiger partial charge on any atom is -0.465 e. The van der Waals surface area contributed by atoms with Gasteiger partial charge in [-0.2, -0.15) is 0 Å². The number of carbonyl (C=O) groups excluding carboxylic acids is 1. The Kier molecular flexibility index (Phi) is 6.79. The lowest BCUT2D eigenvalue weighted by Crippen LogP contribution is -2.14. The van der Waals surface area contributed by atoms with Crippen LogP contribution in [-0.4, -0.2) is 21.5 Å². The zero-order valence-corrected chi connectivity index (χ0v) is 17.2. The Morgan fingerprint density at radius 3 is 2.20 bits per heavy atom. The number of benzene rings is 3. The van der Waals surface area contributed by atoms with Crippen molar-refractivity contribution < 1.29 is 22.3 Å². The molecule has 0 radical (unpaired) electrons. The van der Waals surface area contributed by atoms with Gasteiger partial charge in [-0.05, 0) is 53.9 Å². The first-order valence-electron chi connectivity index (χ1n) is 9.31. The number of hydrogen-bond acceptors (Lipinski definition) is 4. The van der Waals surface area contributed by atoms with Crippen LogP contribution in [0, 0.1) is 5.82 Å². The number of ether oxygens (including phenoxy) is 1. The molecule has 3 rings (SSSR count). The maximum absolute atomic E-state index is 13.3. The molecule has 154 valence electrons. The van der Waals surface area contributed by atoms with Crippen LogP contribution in [0.2, 0.25) is 0 Å². The van der Waals surface area contributed by atoms with Gasteiger partial charge in [0, 0.05) is 0 Å². The van der Waals surface area contributed by atoms with Gasteiger partial charge in [0.05, 0.1) is 22.8 Å². The van der Waals surface area contributed by atoms with Crippen LogP contribution in [0.25, 0.3) is 6.08 Å². The number of hydrogen-bond donors (Lipinski definition) is 0. The van der Waals surface area contributed by atoms with Gasteiger partial charge in [-0.25, -0.2) is 17.6 Å². The smallest absolute Gasteiger partial charge is 0.337 e. The zero-order chi connectivity index (χ0) is 21.6. The molecule has 6 heteroatoms. The van der Waals surface area contributed by atoms with Crippen molar-refractivity contribution in [3.8, 4) is 0 Å². The molecule has 30 heavy (non-hydrogen) atoms. The van der Waals surface area contributed by atoms with Crippen LogP contribution in [-0.2, 0) is 14.6 Å². The lowest BCUT2D eigenvalue weighted by molar-refractivity contribution is 0.0600. The van der Waals surface area contributed by atoms with Crippen molar-refractivity contribution in [3.05, 3.63) is 107 Å². The first kappa shape index (κ1) is 21.5. The number of esters is 1. The van der Waals surface area contributed by atoms with E-state index in [0.717, 1.165) is 17.7 Å². The Morgan fingerprint density at radius 1 is 0.967 bits per heavy atom. The molecular weight excluding hydrogens is 403 g/mol. The summed E-state index contributed by atoms with van der Waals surface area (Å²) in [5, 5.41) is -0.894. The number of sulfone groups is 1. The Bertz CT molecular complexity index is 1120. The van der Waals surface area contributed by atoms with Crippen molar-refractivity contribution in [2.24, 2.45) is 0 Å². The monoisotopic (exact) mass is 424 g/mol. The fourth-order valence-corrected chi connectivity index (χ4v) is 4.80. The van der Waals surface area contributed by atoms with E-state index >= 15 is 0 Å². The molecule has 3 aromatic carbocycles. The second-order valence-corrected chi connectivity index (χ2v) is 8.78. The number of carbonyl (C=O) groups is 1. The molecule has 0 N–H and O–H groups in total. The highest BCUT2D eigenvalue weighted by atomic mass is 32.2. The van der Waals surface area contributed by atoms with E-state index in [1.54, 1.807) is 18.2 Å². The van der Waals surface area contributed by atoms with Gasteiger partial charge in [0.15, 0.2) is 9.84 Å². The van der Waals surface area contributed by atoms with E-state index in [1.807, 2.05) is 36.4 Å². The summed E-state index contributed by atoms with van der Waals surface area (Å²) in [6, 6.07) is 20.6. The topological polar surface area (TPSA) is 60.4 Å². The molecule has 0 aliphatic heterocycles. The van der Waals surface area contributed by atoms with Gasteiger partial charge in [0.25, 0.3) is 0 Å². The molecule has 0 aromatic heterocycles. The maximum Gasteiger partial charge on any atom is 0.337 e. The van der Waals surface area contributed by atoms with Crippen molar-refractivity contribution >= 4 is 21.9 Å². The van der Waals surface area contributed by atoms with E-state index in [1.165, 1.54) is 31.4 Å². The minimum absolute atomic E-state index is 0.0408. The van der Waals surface area contributed by atoms with E-state index in [4.69, 9.17) is 4.74 Å². The third kappa shape index (κ3) is 5.02. The van der Waals surface area contributed by atoms with Gasteiger partial charge in [0.2, 0.25) is 0 Å². The molecule has 0 amide bonds. The maximum atomic E-state index is 13.3. The van der Waals surface area contributed by atoms with Gasteiger partial charge in [-0.3, -0.25) is 0 Å². The van der Waals surface area contributed by atoms with Crippen molar-refractivity contribution in [3.63, 3.8) is 0 Å². The Hall–Kier alpha value is -3.25. The first-order chi connectivity index (χ1) is 14.4. The molecule has 0 bridgehead atoms. The second-order valence-electron chi connectivity index (χ2n) is 6.65. The summed E-state index contributed by atoms with van der Waals surface area (Å²) in [7, 11) is -2.51. The van der Waals surface area contributed by atoms with E-state index in [2.05, 4.69) is 0 Å². The summed E-state index contributed by atoms with van der Waals surface area (Å²) in [5.74, 6) is -1.000. The van der Waals surface area contributed by atoms with Gasteiger partial charge in [-0.1, -0.05) is 54.6 Å². The van der Waals surface area contributed by atoms with Crippen LogP contribution in [0.5, 0.6) is 0 Å². The average Bonchev–Trinajstić information content (AvgIpc) is 2.77. The van der Waals surface area contributed by atoms with Crippen LogP contribution >= 0.6 is 0 Å².